The molecule has 0 atom stereocenters. The van der Waals surface area contributed by atoms with E-state index in [4.69, 9.17) is 11.6 Å². The Labute approximate surface area is 177 Å². The van der Waals surface area contributed by atoms with E-state index in [1.165, 1.54) is 0 Å². The van der Waals surface area contributed by atoms with Crippen LogP contribution in [0.1, 0.15) is 33.5 Å². The molecular weight excluding hydrogens is 384 g/mol. The summed E-state index contributed by atoms with van der Waals surface area (Å²) in [5.41, 5.74) is 7.93. The van der Waals surface area contributed by atoms with Gasteiger partial charge in [0.2, 0.25) is 5.91 Å². The number of aromatic nitrogens is 2. The van der Waals surface area contributed by atoms with Crippen LogP contribution in [0.15, 0.2) is 36.4 Å². The average Bonchev–Trinajstić information content (AvgIpc) is 2.95. The number of carbonyl (C=O) groups excluding carboxylic acids is 1. The molecule has 0 bridgehead atoms. The zero-order valence-corrected chi connectivity index (χ0v) is 18.3. The predicted molar refractivity (Wildman–Crippen MR) is 119 cm³/mol. The van der Waals surface area contributed by atoms with Crippen LogP contribution in [0.2, 0.25) is 5.15 Å². The molecule has 0 unspecified atom stereocenters. The van der Waals surface area contributed by atoms with Crippen LogP contribution in [0.4, 0.5) is 5.69 Å². The third-order valence-electron chi connectivity index (χ3n) is 5.05. The molecule has 0 spiro atoms. The van der Waals surface area contributed by atoms with Gasteiger partial charge in [0.25, 0.3) is 0 Å². The molecule has 3 rings (SSSR count). The Morgan fingerprint density at radius 2 is 1.72 bits per heavy atom. The molecule has 29 heavy (non-hydrogen) atoms. The van der Waals surface area contributed by atoms with Gasteiger partial charge in [0.15, 0.2) is 0 Å². The van der Waals surface area contributed by atoms with Crippen molar-refractivity contribution < 1.29 is 4.79 Å². The van der Waals surface area contributed by atoms with Crippen molar-refractivity contribution in [3.63, 3.8) is 0 Å². The van der Waals surface area contributed by atoms with Gasteiger partial charge >= 0.3 is 0 Å². The third kappa shape index (κ3) is 4.69. The first-order chi connectivity index (χ1) is 13.8. The highest BCUT2D eigenvalue weighted by Crippen LogP contribution is 2.26. The number of nitrogens with one attached hydrogen (secondary N) is 2. The van der Waals surface area contributed by atoms with Gasteiger partial charge in [-0.2, -0.15) is 5.10 Å². The highest BCUT2D eigenvalue weighted by Gasteiger charge is 2.16. The van der Waals surface area contributed by atoms with Gasteiger partial charge in [0.05, 0.1) is 17.9 Å². The fourth-order valence-corrected chi connectivity index (χ4v) is 3.67. The number of halogens is 1. The van der Waals surface area contributed by atoms with Crippen molar-refractivity contribution in [3.05, 3.63) is 75.1 Å². The number of para-hydroxylation sites is 1. The van der Waals surface area contributed by atoms with E-state index >= 15 is 0 Å². The van der Waals surface area contributed by atoms with E-state index in [0.717, 1.165) is 44.9 Å². The molecule has 2 aromatic carbocycles. The number of nitrogens with zero attached hydrogens (tertiary/aromatic N) is 2. The third-order valence-corrected chi connectivity index (χ3v) is 5.44. The second kappa shape index (κ2) is 8.80. The SMILES string of the molecule is Cc1ccc(C)c(-n2nc(C)c(CNCC(=O)Nc3c(C)cccc3C)c2Cl)c1. The quantitative estimate of drug-likeness (QED) is 0.613. The molecule has 1 amide bonds. The molecule has 1 aromatic heterocycles. The minimum absolute atomic E-state index is 0.0851. The fraction of sp³-hybridized carbons (Fsp3) is 0.304. The smallest absolute Gasteiger partial charge is 0.238 e. The molecule has 0 radical (unpaired) electrons. The maximum Gasteiger partial charge on any atom is 0.238 e. The largest absolute Gasteiger partial charge is 0.324 e. The molecule has 0 saturated carbocycles. The van der Waals surface area contributed by atoms with E-state index in [9.17, 15) is 4.79 Å². The minimum Gasteiger partial charge on any atom is -0.324 e. The van der Waals surface area contributed by atoms with E-state index < -0.39 is 0 Å². The van der Waals surface area contributed by atoms with E-state index in [1.807, 2.05) is 52.8 Å². The lowest BCUT2D eigenvalue weighted by Gasteiger charge is -2.12. The lowest BCUT2D eigenvalue weighted by molar-refractivity contribution is -0.115. The van der Waals surface area contributed by atoms with Crippen molar-refractivity contribution >= 4 is 23.2 Å². The first kappa shape index (κ1) is 21.1. The number of hydrogen-bond acceptors (Lipinski definition) is 3. The summed E-state index contributed by atoms with van der Waals surface area (Å²) in [5.74, 6) is -0.0851. The Morgan fingerprint density at radius 1 is 1.03 bits per heavy atom. The molecule has 0 saturated heterocycles. The number of benzene rings is 2. The Balaban J connectivity index is 1.68. The Morgan fingerprint density at radius 3 is 2.41 bits per heavy atom. The van der Waals surface area contributed by atoms with Gasteiger partial charge in [0, 0.05) is 17.8 Å². The second-order valence-corrected chi connectivity index (χ2v) is 7.83. The zero-order chi connectivity index (χ0) is 21.1. The van der Waals surface area contributed by atoms with Crippen molar-refractivity contribution in [1.82, 2.24) is 15.1 Å². The van der Waals surface area contributed by atoms with Crippen LogP contribution in [0, 0.1) is 34.6 Å². The molecule has 3 aromatic rings. The van der Waals surface area contributed by atoms with E-state index in [-0.39, 0.29) is 12.5 Å². The number of aryl methyl sites for hydroxylation is 5. The van der Waals surface area contributed by atoms with Gasteiger partial charge in [0.1, 0.15) is 5.15 Å². The number of rotatable bonds is 6. The molecule has 0 aliphatic heterocycles. The Bertz CT molecular complexity index is 1040. The monoisotopic (exact) mass is 410 g/mol. The summed E-state index contributed by atoms with van der Waals surface area (Å²) in [4.78, 5) is 12.4. The molecule has 5 nitrogen and oxygen atoms in total. The zero-order valence-electron chi connectivity index (χ0n) is 17.6. The van der Waals surface area contributed by atoms with Crippen LogP contribution < -0.4 is 10.6 Å². The predicted octanol–water partition coefficient (Wildman–Crippen LogP) is 4.80. The van der Waals surface area contributed by atoms with E-state index in [1.54, 1.807) is 4.68 Å². The van der Waals surface area contributed by atoms with Gasteiger partial charge in [-0.3, -0.25) is 4.79 Å². The number of anilines is 1. The second-order valence-electron chi connectivity index (χ2n) is 7.48. The molecule has 0 aliphatic carbocycles. The van der Waals surface area contributed by atoms with Crippen LogP contribution in [0.25, 0.3) is 5.69 Å². The van der Waals surface area contributed by atoms with Crippen molar-refractivity contribution in [2.75, 3.05) is 11.9 Å². The molecule has 2 N–H and O–H groups in total. The van der Waals surface area contributed by atoms with Gasteiger partial charge in [-0.1, -0.05) is 41.9 Å². The van der Waals surface area contributed by atoms with Gasteiger partial charge in [-0.25, -0.2) is 4.68 Å². The van der Waals surface area contributed by atoms with Gasteiger partial charge in [-0.15, -0.1) is 0 Å². The summed E-state index contributed by atoms with van der Waals surface area (Å²) in [5, 5.41) is 11.4. The normalized spacial score (nSPS) is 11.0. The molecule has 0 aliphatic rings. The summed E-state index contributed by atoms with van der Waals surface area (Å²) in [6, 6.07) is 12.2. The van der Waals surface area contributed by atoms with Crippen molar-refractivity contribution in [2.24, 2.45) is 0 Å². The summed E-state index contributed by atoms with van der Waals surface area (Å²) >= 11 is 6.64. The summed E-state index contributed by atoms with van der Waals surface area (Å²) in [6.45, 7) is 10.7. The molecule has 6 heteroatoms. The van der Waals surface area contributed by atoms with E-state index in [0.29, 0.717) is 11.7 Å². The summed E-state index contributed by atoms with van der Waals surface area (Å²) < 4.78 is 1.77. The highest BCUT2D eigenvalue weighted by molar-refractivity contribution is 6.30. The van der Waals surface area contributed by atoms with Crippen LogP contribution in [0.3, 0.4) is 0 Å². The topological polar surface area (TPSA) is 59.0 Å². The highest BCUT2D eigenvalue weighted by atomic mass is 35.5. The van der Waals surface area contributed by atoms with Crippen molar-refractivity contribution in [2.45, 2.75) is 41.2 Å². The Kier molecular flexibility index (Phi) is 6.40. The maximum absolute atomic E-state index is 12.4. The van der Waals surface area contributed by atoms with Crippen molar-refractivity contribution in [3.8, 4) is 5.69 Å². The average molecular weight is 411 g/mol. The fourth-order valence-electron chi connectivity index (χ4n) is 3.34. The summed E-state index contributed by atoms with van der Waals surface area (Å²) in [7, 11) is 0. The first-order valence-corrected chi connectivity index (χ1v) is 10.0. The summed E-state index contributed by atoms with van der Waals surface area (Å²) in [6.07, 6.45) is 0. The number of hydrogen-bond donors (Lipinski definition) is 2. The first-order valence-electron chi connectivity index (χ1n) is 9.66. The molecule has 152 valence electrons. The molecule has 0 fully saturated rings. The van der Waals surface area contributed by atoms with E-state index in [2.05, 4.69) is 33.9 Å². The standard InChI is InChI=1S/C23H27ClN4O/c1-14-9-10-15(2)20(11-14)28-23(24)19(18(5)27-28)12-25-13-21(29)26-22-16(3)7-6-8-17(22)4/h6-11,25H,12-13H2,1-5H3,(H,26,29). The lowest BCUT2D eigenvalue weighted by Crippen LogP contribution is -2.28. The van der Waals surface area contributed by atoms with Gasteiger partial charge in [-0.05, 0) is 62.9 Å². The van der Waals surface area contributed by atoms with Crippen LogP contribution in [-0.4, -0.2) is 22.2 Å². The maximum atomic E-state index is 12.4. The van der Waals surface area contributed by atoms with Crippen LogP contribution in [-0.2, 0) is 11.3 Å². The molecular formula is C23H27ClN4O. The minimum atomic E-state index is -0.0851. The molecule has 1 heterocycles. The van der Waals surface area contributed by atoms with Crippen LogP contribution >= 0.6 is 11.6 Å². The van der Waals surface area contributed by atoms with Gasteiger partial charge < -0.3 is 10.6 Å². The van der Waals surface area contributed by atoms with Crippen molar-refractivity contribution in [1.29, 1.82) is 0 Å². The number of amides is 1. The lowest BCUT2D eigenvalue weighted by atomic mass is 10.1. The van der Waals surface area contributed by atoms with Crippen LogP contribution in [0.5, 0.6) is 0 Å². The Hall–Kier alpha value is -2.63. The number of carbonyl (C=O) groups is 1.